The smallest absolute Gasteiger partial charge is 0.326 e. The number of amides is 2. The van der Waals surface area contributed by atoms with Gasteiger partial charge in [0.15, 0.2) is 0 Å². The van der Waals surface area contributed by atoms with Crippen molar-refractivity contribution in [3.05, 3.63) is 47.5 Å². The highest BCUT2D eigenvalue weighted by atomic mass is 16.5. The van der Waals surface area contributed by atoms with Gasteiger partial charge in [0.1, 0.15) is 24.1 Å². The van der Waals surface area contributed by atoms with Crippen molar-refractivity contribution in [3.8, 4) is 22.8 Å². The number of hydrogen-bond acceptors (Lipinski definition) is 5. The zero-order chi connectivity index (χ0) is 26.8. The number of rotatable bonds is 8. The zero-order valence-electron chi connectivity index (χ0n) is 21.5. The molecule has 200 valence electrons. The minimum atomic E-state index is -1.21. The van der Waals surface area contributed by atoms with Crippen LogP contribution in [-0.2, 0) is 16.1 Å². The van der Waals surface area contributed by atoms with Crippen LogP contribution in [-0.4, -0.2) is 47.2 Å². The molecule has 2 aliphatic rings. The molecule has 1 aliphatic carbocycles. The maximum absolute atomic E-state index is 13.1. The minimum Gasteiger partial charge on any atom is -0.497 e. The van der Waals surface area contributed by atoms with E-state index in [4.69, 9.17) is 15.2 Å². The molecule has 2 heterocycles. The number of ether oxygens (including phenoxy) is 2. The summed E-state index contributed by atoms with van der Waals surface area (Å²) in [5.74, 6) is -0.413. The predicted molar refractivity (Wildman–Crippen MR) is 143 cm³/mol. The van der Waals surface area contributed by atoms with Gasteiger partial charge in [-0.1, -0.05) is 25.3 Å². The van der Waals surface area contributed by atoms with Crippen molar-refractivity contribution in [2.75, 3.05) is 13.7 Å². The number of hydrogen-bond donors (Lipinski definition) is 3. The normalized spacial score (nSPS) is 16.0. The van der Waals surface area contributed by atoms with Crippen LogP contribution in [0, 0.1) is 0 Å². The van der Waals surface area contributed by atoms with Gasteiger partial charge in [-0.25, -0.2) is 4.79 Å². The van der Waals surface area contributed by atoms with Crippen molar-refractivity contribution in [3.63, 3.8) is 0 Å². The van der Waals surface area contributed by atoms with Gasteiger partial charge in [0.05, 0.1) is 19.3 Å². The van der Waals surface area contributed by atoms with Crippen molar-refractivity contribution in [1.29, 1.82) is 0 Å². The van der Waals surface area contributed by atoms with Crippen molar-refractivity contribution in [2.45, 2.75) is 63.5 Å². The van der Waals surface area contributed by atoms with Gasteiger partial charge in [-0.15, -0.1) is 0 Å². The van der Waals surface area contributed by atoms with E-state index in [-0.39, 0.29) is 12.8 Å². The first-order valence-corrected chi connectivity index (χ1v) is 13.2. The van der Waals surface area contributed by atoms with E-state index in [1.807, 2.05) is 30.3 Å². The highest BCUT2D eigenvalue weighted by molar-refractivity contribution is 6.02. The van der Waals surface area contributed by atoms with E-state index in [9.17, 15) is 19.5 Å². The number of fused-ring (bicyclic) bond motifs is 5. The Morgan fingerprint density at radius 3 is 2.66 bits per heavy atom. The molecule has 38 heavy (non-hydrogen) atoms. The molecule has 2 aromatic carbocycles. The molecule has 0 bridgehead atoms. The Kier molecular flexibility index (Phi) is 7.26. The lowest BCUT2D eigenvalue weighted by molar-refractivity contribution is -0.139. The van der Waals surface area contributed by atoms with Crippen molar-refractivity contribution in [1.82, 2.24) is 9.88 Å². The maximum Gasteiger partial charge on any atom is 0.326 e. The summed E-state index contributed by atoms with van der Waals surface area (Å²) in [6.07, 6.45) is 5.64. The average Bonchev–Trinajstić information content (AvgIpc) is 3.12. The van der Waals surface area contributed by atoms with Crippen LogP contribution in [0.2, 0.25) is 0 Å². The SMILES string of the molecule is COc1ccc2c(c1)OCCn1c-2c(C2CCCCC2)c2ccc(C(=O)N[C@@H](CCC(N)=O)C(=O)O)cc21. The molecule has 1 aliphatic heterocycles. The number of nitrogens with one attached hydrogen (secondary N) is 1. The number of methoxy groups -OCH3 is 1. The van der Waals surface area contributed by atoms with Crippen LogP contribution < -0.4 is 20.5 Å². The van der Waals surface area contributed by atoms with E-state index in [1.165, 1.54) is 24.8 Å². The summed E-state index contributed by atoms with van der Waals surface area (Å²) in [4.78, 5) is 35.9. The van der Waals surface area contributed by atoms with Gasteiger partial charge in [0.25, 0.3) is 5.91 Å². The van der Waals surface area contributed by atoms with Crippen LogP contribution in [0.25, 0.3) is 22.2 Å². The van der Waals surface area contributed by atoms with Gasteiger partial charge in [0.2, 0.25) is 5.91 Å². The monoisotopic (exact) mass is 519 g/mol. The Morgan fingerprint density at radius 2 is 1.95 bits per heavy atom. The molecule has 1 fully saturated rings. The quantitative estimate of drug-likeness (QED) is 0.408. The van der Waals surface area contributed by atoms with E-state index >= 15 is 0 Å². The van der Waals surface area contributed by atoms with Gasteiger partial charge < -0.3 is 30.2 Å². The summed E-state index contributed by atoms with van der Waals surface area (Å²) < 4.78 is 13.8. The molecule has 0 unspecified atom stereocenters. The Bertz CT molecular complexity index is 1390. The second kappa shape index (κ2) is 10.8. The lowest BCUT2D eigenvalue weighted by Gasteiger charge is -2.23. The largest absolute Gasteiger partial charge is 0.497 e. The lowest BCUT2D eigenvalue weighted by Crippen LogP contribution is -2.41. The van der Waals surface area contributed by atoms with Gasteiger partial charge in [-0.05, 0) is 55.0 Å². The van der Waals surface area contributed by atoms with Gasteiger partial charge in [-0.2, -0.15) is 0 Å². The first-order valence-electron chi connectivity index (χ1n) is 13.2. The number of carbonyl (C=O) groups excluding carboxylic acids is 2. The molecular weight excluding hydrogens is 486 g/mol. The summed E-state index contributed by atoms with van der Waals surface area (Å²) in [5, 5.41) is 13.2. The molecule has 4 N–H and O–H groups in total. The summed E-state index contributed by atoms with van der Waals surface area (Å²) >= 11 is 0. The van der Waals surface area contributed by atoms with E-state index in [0.717, 1.165) is 46.5 Å². The second-order valence-electron chi connectivity index (χ2n) is 10.1. The average molecular weight is 520 g/mol. The molecule has 2 amide bonds. The van der Waals surface area contributed by atoms with E-state index < -0.39 is 23.8 Å². The van der Waals surface area contributed by atoms with Crippen LogP contribution in [0.4, 0.5) is 0 Å². The number of carbonyl (C=O) groups is 3. The lowest BCUT2D eigenvalue weighted by atomic mass is 9.81. The van der Waals surface area contributed by atoms with Crippen LogP contribution in [0.1, 0.15) is 66.8 Å². The van der Waals surface area contributed by atoms with Gasteiger partial charge in [-0.3, -0.25) is 9.59 Å². The van der Waals surface area contributed by atoms with Crippen molar-refractivity contribution < 1.29 is 29.0 Å². The molecular formula is C29H33N3O6. The highest BCUT2D eigenvalue weighted by Gasteiger charge is 2.30. The fraction of sp³-hybridized carbons (Fsp3) is 0.414. The number of benzene rings is 2. The number of primary amides is 1. The molecule has 0 radical (unpaired) electrons. The summed E-state index contributed by atoms with van der Waals surface area (Å²) in [6.45, 7) is 1.07. The maximum atomic E-state index is 13.1. The molecule has 9 nitrogen and oxygen atoms in total. The topological polar surface area (TPSA) is 133 Å². The molecule has 0 spiro atoms. The van der Waals surface area contributed by atoms with Crippen LogP contribution >= 0.6 is 0 Å². The molecule has 1 aromatic heterocycles. The molecule has 0 saturated heterocycles. The predicted octanol–water partition coefficient (Wildman–Crippen LogP) is 4.21. The number of nitrogens with two attached hydrogens (primary N) is 1. The summed E-state index contributed by atoms with van der Waals surface area (Å²) in [5.41, 5.74) is 9.86. The third-order valence-corrected chi connectivity index (χ3v) is 7.68. The first kappa shape index (κ1) is 25.6. The summed E-state index contributed by atoms with van der Waals surface area (Å²) in [7, 11) is 1.64. The van der Waals surface area contributed by atoms with Crippen LogP contribution in [0.15, 0.2) is 36.4 Å². The molecule has 3 aromatic rings. The minimum absolute atomic E-state index is 0.0669. The Morgan fingerprint density at radius 1 is 1.16 bits per heavy atom. The van der Waals surface area contributed by atoms with E-state index in [1.54, 1.807) is 13.2 Å². The number of aliphatic carboxylic acids is 1. The third kappa shape index (κ3) is 4.92. The Hall–Kier alpha value is -4.01. The van der Waals surface area contributed by atoms with E-state index in [2.05, 4.69) is 9.88 Å². The van der Waals surface area contributed by atoms with Gasteiger partial charge in [0, 0.05) is 34.5 Å². The fourth-order valence-corrected chi connectivity index (χ4v) is 5.82. The third-order valence-electron chi connectivity index (χ3n) is 7.68. The number of aromatic nitrogens is 1. The highest BCUT2D eigenvalue weighted by Crippen LogP contribution is 2.47. The Labute approximate surface area is 220 Å². The molecule has 1 saturated carbocycles. The first-order chi connectivity index (χ1) is 18.4. The number of nitrogens with zero attached hydrogens (tertiary/aromatic N) is 1. The van der Waals surface area contributed by atoms with Crippen LogP contribution in [0.5, 0.6) is 11.5 Å². The van der Waals surface area contributed by atoms with E-state index in [0.29, 0.717) is 24.6 Å². The molecule has 5 rings (SSSR count). The van der Waals surface area contributed by atoms with Crippen molar-refractivity contribution in [2.24, 2.45) is 5.73 Å². The Balaban J connectivity index is 1.60. The second-order valence-corrected chi connectivity index (χ2v) is 10.1. The van der Waals surface area contributed by atoms with Crippen LogP contribution in [0.3, 0.4) is 0 Å². The number of carboxylic acid groups (broad SMARTS) is 1. The molecule has 9 heteroatoms. The molecule has 1 atom stereocenters. The van der Waals surface area contributed by atoms with Gasteiger partial charge >= 0.3 is 5.97 Å². The fourth-order valence-electron chi connectivity index (χ4n) is 5.82. The standard InChI is InChI=1S/C29H33N3O6/c1-37-19-8-10-21-24(16-19)38-14-13-32-23-15-18(28(34)31-22(29(35)36)11-12-25(30)33)7-9-20(23)26(27(21)32)17-5-3-2-4-6-17/h7-10,15-17,22H,2-6,11-14H2,1H3,(H2,30,33)(H,31,34)(H,35,36)/t22-/m0/s1. The van der Waals surface area contributed by atoms with Crippen molar-refractivity contribution >= 4 is 28.7 Å². The zero-order valence-corrected chi connectivity index (χ0v) is 21.5. The summed E-state index contributed by atoms with van der Waals surface area (Å²) in [6, 6.07) is 10.3. The number of carboxylic acids is 1.